The third-order valence-corrected chi connectivity index (χ3v) is 3.74. The molecule has 0 saturated carbocycles. The van der Waals surface area contributed by atoms with E-state index in [0.29, 0.717) is 6.01 Å². The molecular weight excluding hydrogens is 320 g/mol. The zero-order chi connectivity index (χ0) is 13.9. The van der Waals surface area contributed by atoms with Crippen molar-refractivity contribution in [3.8, 4) is 0 Å². The Morgan fingerprint density at radius 1 is 1.40 bits per heavy atom. The zero-order valence-corrected chi connectivity index (χ0v) is 12.7. The van der Waals surface area contributed by atoms with Crippen molar-refractivity contribution >= 4 is 33.0 Å². The van der Waals surface area contributed by atoms with Crippen LogP contribution in [0.5, 0.6) is 0 Å². The Morgan fingerprint density at radius 3 is 3.10 bits per heavy atom. The molecule has 1 N–H and O–H groups in total. The van der Waals surface area contributed by atoms with Crippen LogP contribution in [0.15, 0.2) is 39.5 Å². The quantitative estimate of drug-likeness (QED) is 0.776. The van der Waals surface area contributed by atoms with Crippen molar-refractivity contribution < 1.29 is 4.42 Å². The number of fused-ring (bicyclic) bond motifs is 1. The van der Waals surface area contributed by atoms with Crippen LogP contribution in [0, 0.1) is 0 Å². The second-order valence-corrected chi connectivity index (χ2v) is 5.28. The number of benzene rings is 1. The van der Waals surface area contributed by atoms with Crippen molar-refractivity contribution in [3.63, 3.8) is 0 Å². The van der Waals surface area contributed by atoms with Gasteiger partial charge in [0.15, 0.2) is 5.58 Å². The Kier molecular flexibility index (Phi) is 3.73. The maximum atomic E-state index is 5.68. The molecular formula is C14H15BrN4O. The number of para-hydroxylation sites is 1. The summed E-state index contributed by atoms with van der Waals surface area (Å²) in [5.74, 6) is 1.09. The molecule has 20 heavy (non-hydrogen) atoms. The summed E-state index contributed by atoms with van der Waals surface area (Å²) in [6.07, 6.45) is 4.75. The van der Waals surface area contributed by atoms with Crippen LogP contribution in [-0.4, -0.2) is 21.1 Å². The number of halogens is 1. The van der Waals surface area contributed by atoms with Gasteiger partial charge in [-0.1, -0.05) is 13.0 Å². The maximum absolute atomic E-state index is 5.68. The summed E-state index contributed by atoms with van der Waals surface area (Å²) in [6.45, 7) is 3.68. The Labute approximate surface area is 125 Å². The summed E-state index contributed by atoms with van der Waals surface area (Å²) in [4.78, 5) is 8.70. The molecule has 3 rings (SSSR count). The van der Waals surface area contributed by atoms with E-state index >= 15 is 0 Å². The number of hydrogen-bond acceptors (Lipinski definition) is 4. The van der Waals surface area contributed by atoms with Gasteiger partial charge in [0.05, 0.1) is 4.47 Å². The van der Waals surface area contributed by atoms with E-state index in [2.05, 4.69) is 42.7 Å². The van der Waals surface area contributed by atoms with Crippen molar-refractivity contribution in [1.82, 2.24) is 14.5 Å². The van der Waals surface area contributed by atoms with E-state index in [9.17, 15) is 0 Å². The Hall–Kier alpha value is -1.82. The molecule has 0 fully saturated rings. The average molecular weight is 335 g/mol. The fourth-order valence-electron chi connectivity index (χ4n) is 2.13. The first kappa shape index (κ1) is 13.2. The number of rotatable bonds is 5. The number of imidazole rings is 1. The van der Waals surface area contributed by atoms with E-state index in [4.69, 9.17) is 4.42 Å². The van der Waals surface area contributed by atoms with Crippen molar-refractivity contribution in [2.24, 2.45) is 0 Å². The molecule has 2 aromatic heterocycles. The molecule has 1 aromatic carbocycles. The first-order valence-corrected chi connectivity index (χ1v) is 7.36. The number of anilines is 1. The lowest BCUT2D eigenvalue weighted by Crippen LogP contribution is -2.12. The van der Waals surface area contributed by atoms with Gasteiger partial charge in [-0.25, -0.2) is 4.98 Å². The minimum Gasteiger partial charge on any atom is -0.422 e. The molecule has 5 nitrogen and oxygen atoms in total. The van der Waals surface area contributed by atoms with Crippen LogP contribution in [0.25, 0.3) is 11.1 Å². The van der Waals surface area contributed by atoms with Gasteiger partial charge < -0.3 is 14.3 Å². The lowest BCUT2D eigenvalue weighted by Gasteiger charge is -2.06. The third-order valence-electron chi connectivity index (χ3n) is 3.11. The van der Waals surface area contributed by atoms with Gasteiger partial charge in [-0.15, -0.1) is 0 Å². The SMILES string of the molecule is CCc1nccn1CCNc1nc2cccc(Br)c2o1. The molecule has 2 heterocycles. The summed E-state index contributed by atoms with van der Waals surface area (Å²) < 4.78 is 8.73. The molecule has 0 amide bonds. The van der Waals surface area contributed by atoms with E-state index in [1.807, 2.05) is 30.6 Å². The zero-order valence-electron chi connectivity index (χ0n) is 11.1. The predicted octanol–water partition coefficient (Wildman–Crippen LogP) is 3.46. The molecule has 0 aliphatic heterocycles. The molecule has 0 saturated heterocycles. The van der Waals surface area contributed by atoms with Crippen molar-refractivity contribution in [2.75, 3.05) is 11.9 Å². The van der Waals surface area contributed by atoms with Gasteiger partial charge in [0, 0.05) is 31.9 Å². The molecule has 3 aromatic rings. The summed E-state index contributed by atoms with van der Waals surface area (Å²) >= 11 is 3.45. The Balaban J connectivity index is 1.67. The van der Waals surface area contributed by atoms with Gasteiger partial charge in [-0.3, -0.25) is 0 Å². The number of aryl methyl sites for hydroxylation is 1. The van der Waals surface area contributed by atoms with Crippen LogP contribution in [0.2, 0.25) is 0 Å². The highest BCUT2D eigenvalue weighted by Crippen LogP contribution is 2.26. The molecule has 104 valence electrons. The fraction of sp³-hybridized carbons (Fsp3) is 0.286. The van der Waals surface area contributed by atoms with Crippen LogP contribution in [-0.2, 0) is 13.0 Å². The normalized spacial score (nSPS) is 11.1. The van der Waals surface area contributed by atoms with E-state index in [-0.39, 0.29) is 0 Å². The van der Waals surface area contributed by atoms with Crippen molar-refractivity contribution in [2.45, 2.75) is 19.9 Å². The molecule has 0 aliphatic rings. The van der Waals surface area contributed by atoms with Crippen LogP contribution in [0.3, 0.4) is 0 Å². The van der Waals surface area contributed by atoms with Gasteiger partial charge in [0.1, 0.15) is 11.3 Å². The molecule has 0 atom stereocenters. The lowest BCUT2D eigenvalue weighted by molar-refractivity contribution is 0.601. The first-order valence-electron chi connectivity index (χ1n) is 6.57. The summed E-state index contributed by atoms with van der Waals surface area (Å²) in [7, 11) is 0. The topological polar surface area (TPSA) is 55.9 Å². The summed E-state index contributed by atoms with van der Waals surface area (Å²) in [6, 6.07) is 6.36. The monoisotopic (exact) mass is 334 g/mol. The maximum Gasteiger partial charge on any atom is 0.295 e. The minimum absolute atomic E-state index is 0.546. The van der Waals surface area contributed by atoms with Gasteiger partial charge >= 0.3 is 0 Å². The first-order chi connectivity index (χ1) is 9.78. The second-order valence-electron chi connectivity index (χ2n) is 4.42. The largest absolute Gasteiger partial charge is 0.422 e. The molecule has 0 unspecified atom stereocenters. The number of nitrogens with one attached hydrogen (secondary N) is 1. The molecule has 0 bridgehead atoms. The van der Waals surface area contributed by atoms with E-state index < -0.39 is 0 Å². The van der Waals surface area contributed by atoms with E-state index in [1.165, 1.54) is 0 Å². The highest BCUT2D eigenvalue weighted by atomic mass is 79.9. The molecule has 0 radical (unpaired) electrons. The van der Waals surface area contributed by atoms with Crippen molar-refractivity contribution in [3.05, 3.63) is 40.9 Å². The van der Waals surface area contributed by atoms with Gasteiger partial charge in [0.25, 0.3) is 6.01 Å². The Bertz CT molecular complexity index is 719. The van der Waals surface area contributed by atoms with E-state index in [1.54, 1.807) is 0 Å². The minimum atomic E-state index is 0.546. The smallest absolute Gasteiger partial charge is 0.295 e. The molecule has 0 aliphatic carbocycles. The number of oxazole rings is 1. The fourth-order valence-corrected chi connectivity index (χ4v) is 2.57. The molecule has 6 heteroatoms. The Morgan fingerprint density at radius 2 is 2.30 bits per heavy atom. The number of nitrogens with zero attached hydrogens (tertiary/aromatic N) is 3. The highest BCUT2D eigenvalue weighted by Gasteiger charge is 2.08. The number of hydrogen-bond donors (Lipinski definition) is 1. The van der Waals surface area contributed by atoms with Crippen LogP contribution in [0.1, 0.15) is 12.7 Å². The third kappa shape index (κ3) is 2.56. The standard InChI is InChI=1S/C14H15BrN4O/c1-2-12-16-6-8-19(12)9-7-17-14-18-11-5-3-4-10(15)13(11)20-14/h3-6,8H,2,7,9H2,1H3,(H,17,18). The molecule has 0 spiro atoms. The van der Waals surface area contributed by atoms with Gasteiger partial charge in [-0.2, -0.15) is 4.98 Å². The summed E-state index contributed by atoms with van der Waals surface area (Å²) in [5.41, 5.74) is 1.62. The number of aromatic nitrogens is 3. The van der Waals surface area contributed by atoms with E-state index in [0.717, 1.165) is 40.9 Å². The van der Waals surface area contributed by atoms with Crippen LogP contribution >= 0.6 is 15.9 Å². The highest BCUT2D eigenvalue weighted by molar-refractivity contribution is 9.10. The van der Waals surface area contributed by atoms with Crippen molar-refractivity contribution in [1.29, 1.82) is 0 Å². The van der Waals surface area contributed by atoms with Crippen LogP contribution in [0.4, 0.5) is 6.01 Å². The summed E-state index contributed by atoms with van der Waals surface area (Å²) in [5, 5.41) is 3.20. The predicted molar refractivity (Wildman–Crippen MR) is 81.8 cm³/mol. The van der Waals surface area contributed by atoms with Gasteiger partial charge in [-0.05, 0) is 28.1 Å². The lowest BCUT2D eigenvalue weighted by atomic mass is 10.3. The average Bonchev–Trinajstić information content (AvgIpc) is 3.05. The van der Waals surface area contributed by atoms with Gasteiger partial charge in [0.2, 0.25) is 0 Å². The second kappa shape index (κ2) is 5.66. The van der Waals surface area contributed by atoms with Crippen LogP contribution < -0.4 is 5.32 Å².